The molecule has 0 aliphatic heterocycles. The zero-order valence-electron chi connectivity index (χ0n) is 8.08. The lowest BCUT2D eigenvalue weighted by molar-refractivity contribution is 0.402. The van der Waals surface area contributed by atoms with Crippen molar-refractivity contribution >= 4 is 10.9 Å². The Morgan fingerprint density at radius 2 is 2.36 bits per heavy atom. The normalized spacial score (nSPS) is 16.1. The van der Waals surface area contributed by atoms with E-state index in [0.29, 0.717) is 5.88 Å². The summed E-state index contributed by atoms with van der Waals surface area (Å²) in [5.41, 5.74) is 2.39. The molecule has 1 aliphatic carbocycles. The van der Waals surface area contributed by atoms with E-state index in [2.05, 4.69) is 16.0 Å². The highest BCUT2D eigenvalue weighted by Crippen LogP contribution is 2.43. The SMILES string of the molecule is COc1ncc(C2CC2)c2cc[nH]c12. The predicted molar refractivity (Wildman–Crippen MR) is 54.6 cm³/mol. The van der Waals surface area contributed by atoms with E-state index in [1.165, 1.54) is 23.8 Å². The number of ether oxygens (including phenoxy) is 1. The summed E-state index contributed by atoms with van der Waals surface area (Å²) in [6, 6.07) is 2.10. The molecule has 0 aromatic carbocycles. The average Bonchev–Trinajstić information content (AvgIpc) is 2.93. The van der Waals surface area contributed by atoms with E-state index in [1.807, 2.05) is 12.4 Å². The number of pyridine rings is 1. The molecular weight excluding hydrogens is 176 g/mol. The van der Waals surface area contributed by atoms with Gasteiger partial charge < -0.3 is 9.72 Å². The smallest absolute Gasteiger partial charge is 0.238 e. The summed E-state index contributed by atoms with van der Waals surface area (Å²) in [5, 5.41) is 1.26. The fourth-order valence-corrected chi connectivity index (χ4v) is 1.92. The standard InChI is InChI=1S/C11H12N2O/c1-14-11-10-8(4-5-12-10)9(6-13-11)7-2-3-7/h4-7,12H,2-3H2,1H3. The van der Waals surface area contributed by atoms with Crippen LogP contribution in [0.4, 0.5) is 0 Å². The van der Waals surface area contributed by atoms with Gasteiger partial charge >= 0.3 is 0 Å². The summed E-state index contributed by atoms with van der Waals surface area (Å²) in [4.78, 5) is 7.48. The first kappa shape index (κ1) is 7.85. The lowest BCUT2D eigenvalue weighted by Gasteiger charge is -2.04. The van der Waals surface area contributed by atoms with Gasteiger partial charge in [-0.1, -0.05) is 0 Å². The second-order valence-electron chi connectivity index (χ2n) is 3.76. The number of aromatic nitrogens is 2. The lowest BCUT2D eigenvalue weighted by Crippen LogP contribution is -1.91. The lowest BCUT2D eigenvalue weighted by atomic mass is 10.1. The Kier molecular flexibility index (Phi) is 1.54. The molecule has 2 aromatic heterocycles. The predicted octanol–water partition coefficient (Wildman–Crippen LogP) is 2.45. The number of methoxy groups -OCH3 is 1. The van der Waals surface area contributed by atoms with Crippen molar-refractivity contribution in [3.63, 3.8) is 0 Å². The maximum atomic E-state index is 5.20. The molecular formula is C11H12N2O. The van der Waals surface area contributed by atoms with Gasteiger partial charge in [0.15, 0.2) is 0 Å². The third-order valence-corrected chi connectivity index (χ3v) is 2.80. The van der Waals surface area contributed by atoms with Gasteiger partial charge in [-0.25, -0.2) is 4.98 Å². The Labute approximate surface area is 82.1 Å². The molecule has 0 amide bonds. The summed E-state index contributed by atoms with van der Waals surface area (Å²) < 4.78 is 5.20. The van der Waals surface area contributed by atoms with E-state index in [9.17, 15) is 0 Å². The van der Waals surface area contributed by atoms with E-state index in [-0.39, 0.29) is 0 Å². The first-order valence-corrected chi connectivity index (χ1v) is 4.90. The van der Waals surface area contributed by atoms with Gasteiger partial charge in [-0.3, -0.25) is 0 Å². The first-order valence-electron chi connectivity index (χ1n) is 4.90. The fourth-order valence-electron chi connectivity index (χ4n) is 1.92. The minimum absolute atomic E-state index is 0.689. The molecule has 3 nitrogen and oxygen atoms in total. The fraction of sp³-hybridized carbons (Fsp3) is 0.364. The molecule has 0 spiro atoms. The van der Waals surface area contributed by atoms with Gasteiger partial charge in [-0.2, -0.15) is 0 Å². The van der Waals surface area contributed by atoms with Crippen LogP contribution >= 0.6 is 0 Å². The molecule has 14 heavy (non-hydrogen) atoms. The van der Waals surface area contributed by atoms with Crippen LogP contribution in [0.5, 0.6) is 5.88 Å². The first-order chi connectivity index (χ1) is 6.90. The van der Waals surface area contributed by atoms with Crippen LogP contribution in [-0.2, 0) is 0 Å². The van der Waals surface area contributed by atoms with Crippen molar-refractivity contribution in [3.8, 4) is 5.88 Å². The molecule has 1 saturated carbocycles. The van der Waals surface area contributed by atoms with E-state index in [0.717, 1.165) is 11.4 Å². The minimum Gasteiger partial charge on any atom is -0.479 e. The summed E-state index contributed by atoms with van der Waals surface area (Å²) in [7, 11) is 1.65. The Balaban J connectivity index is 2.27. The number of hydrogen-bond donors (Lipinski definition) is 1. The maximum absolute atomic E-state index is 5.20. The summed E-state index contributed by atoms with van der Waals surface area (Å²) in [5.74, 6) is 1.42. The van der Waals surface area contributed by atoms with Gasteiger partial charge in [0.2, 0.25) is 5.88 Å². The quantitative estimate of drug-likeness (QED) is 0.786. The summed E-state index contributed by atoms with van der Waals surface area (Å²) in [6.07, 6.45) is 6.50. The molecule has 1 aliphatic rings. The summed E-state index contributed by atoms with van der Waals surface area (Å²) >= 11 is 0. The molecule has 2 heterocycles. The van der Waals surface area contributed by atoms with Gasteiger partial charge in [-0.15, -0.1) is 0 Å². The number of aromatic amines is 1. The van der Waals surface area contributed by atoms with E-state index in [4.69, 9.17) is 4.74 Å². The zero-order valence-corrected chi connectivity index (χ0v) is 8.08. The van der Waals surface area contributed by atoms with Crippen LogP contribution in [0.1, 0.15) is 24.3 Å². The molecule has 0 unspecified atom stereocenters. The summed E-state index contributed by atoms with van der Waals surface area (Å²) in [6.45, 7) is 0. The Hall–Kier alpha value is -1.51. The van der Waals surface area contributed by atoms with Crippen LogP contribution in [0.2, 0.25) is 0 Å². The van der Waals surface area contributed by atoms with Crippen LogP contribution in [0.15, 0.2) is 18.5 Å². The second-order valence-corrected chi connectivity index (χ2v) is 3.76. The van der Waals surface area contributed by atoms with E-state index in [1.54, 1.807) is 7.11 Å². The molecule has 72 valence electrons. The second kappa shape index (κ2) is 2.74. The van der Waals surface area contributed by atoms with Crippen molar-refractivity contribution in [3.05, 3.63) is 24.0 Å². The minimum atomic E-state index is 0.689. The molecule has 2 aromatic rings. The van der Waals surface area contributed by atoms with Crippen molar-refractivity contribution in [2.75, 3.05) is 7.11 Å². The molecule has 0 radical (unpaired) electrons. The van der Waals surface area contributed by atoms with Gasteiger partial charge in [0.25, 0.3) is 0 Å². The van der Waals surface area contributed by atoms with Crippen molar-refractivity contribution in [2.24, 2.45) is 0 Å². The highest BCUT2D eigenvalue weighted by molar-refractivity contribution is 5.87. The average molecular weight is 188 g/mol. The van der Waals surface area contributed by atoms with E-state index >= 15 is 0 Å². The number of hydrogen-bond acceptors (Lipinski definition) is 2. The van der Waals surface area contributed by atoms with Crippen molar-refractivity contribution in [1.29, 1.82) is 0 Å². The largest absolute Gasteiger partial charge is 0.479 e. The van der Waals surface area contributed by atoms with Crippen LogP contribution in [-0.4, -0.2) is 17.1 Å². The van der Waals surface area contributed by atoms with Crippen molar-refractivity contribution in [2.45, 2.75) is 18.8 Å². The number of fused-ring (bicyclic) bond motifs is 1. The van der Waals surface area contributed by atoms with Gasteiger partial charge in [0, 0.05) is 17.8 Å². The third kappa shape index (κ3) is 1.02. The Bertz CT molecular complexity index is 471. The van der Waals surface area contributed by atoms with Crippen molar-refractivity contribution < 1.29 is 4.74 Å². The van der Waals surface area contributed by atoms with Gasteiger partial charge in [0.05, 0.1) is 7.11 Å². The molecule has 3 heteroatoms. The maximum Gasteiger partial charge on any atom is 0.238 e. The topological polar surface area (TPSA) is 37.9 Å². The van der Waals surface area contributed by atoms with Crippen molar-refractivity contribution in [1.82, 2.24) is 9.97 Å². The molecule has 3 rings (SSSR count). The van der Waals surface area contributed by atoms with Crippen LogP contribution in [0.25, 0.3) is 10.9 Å². The number of rotatable bonds is 2. The van der Waals surface area contributed by atoms with Gasteiger partial charge in [-0.05, 0) is 30.4 Å². The Morgan fingerprint density at radius 1 is 1.50 bits per heavy atom. The van der Waals surface area contributed by atoms with E-state index < -0.39 is 0 Å². The van der Waals surface area contributed by atoms with Crippen LogP contribution in [0, 0.1) is 0 Å². The molecule has 1 fully saturated rings. The molecule has 1 N–H and O–H groups in total. The number of nitrogens with zero attached hydrogens (tertiary/aromatic N) is 1. The van der Waals surface area contributed by atoms with Crippen LogP contribution < -0.4 is 4.74 Å². The van der Waals surface area contributed by atoms with Gasteiger partial charge in [0.1, 0.15) is 5.52 Å². The van der Waals surface area contributed by atoms with Crippen LogP contribution in [0.3, 0.4) is 0 Å². The molecule has 0 bridgehead atoms. The Morgan fingerprint density at radius 3 is 3.07 bits per heavy atom. The highest BCUT2D eigenvalue weighted by atomic mass is 16.5. The number of nitrogens with one attached hydrogen (secondary N) is 1. The zero-order chi connectivity index (χ0) is 9.54. The number of H-pyrrole nitrogens is 1. The monoisotopic (exact) mass is 188 g/mol. The third-order valence-electron chi connectivity index (χ3n) is 2.80. The molecule has 0 atom stereocenters. The molecule has 0 saturated heterocycles. The highest BCUT2D eigenvalue weighted by Gasteiger charge is 2.26.